The van der Waals surface area contributed by atoms with Crippen LogP contribution in [0.2, 0.25) is 0 Å². The van der Waals surface area contributed by atoms with Gasteiger partial charge >= 0.3 is 0 Å². The number of anilines is 18. The lowest BCUT2D eigenvalue weighted by molar-refractivity contribution is 0.669. The van der Waals surface area contributed by atoms with Gasteiger partial charge in [-0.1, -0.05) is 158 Å². The van der Waals surface area contributed by atoms with Gasteiger partial charge in [0.2, 0.25) is 0 Å². The first-order valence-electron chi connectivity index (χ1n) is 32.6. The zero-order valence-corrected chi connectivity index (χ0v) is 52.5. The minimum atomic E-state index is -0.184. The summed E-state index contributed by atoms with van der Waals surface area (Å²) in [6.45, 7) is -0.366. The summed E-state index contributed by atoms with van der Waals surface area (Å²) in [7, 11) is 0. The summed E-state index contributed by atoms with van der Waals surface area (Å²) in [4.78, 5) is 24.4. The second-order valence-corrected chi connectivity index (χ2v) is 26.0. The van der Waals surface area contributed by atoms with E-state index in [1.54, 1.807) is 0 Å². The number of thiophene rings is 1. The van der Waals surface area contributed by atoms with E-state index < -0.39 is 0 Å². The Labute approximate surface area is 559 Å². The molecular formula is C84H54B2N8OS. The highest BCUT2D eigenvalue weighted by atomic mass is 32.1. The van der Waals surface area contributed by atoms with Crippen molar-refractivity contribution in [2.45, 2.75) is 0 Å². The molecule has 9 nitrogen and oxygen atoms in total. The highest BCUT2D eigenvalue weighted by Gasteiger charge is 2.48. The predicted molar refractivity (Wildman–Crippen MR) is 402 cm³/mol. The monoisotopic (exact) mass is 1240 g/mol. The van der Waals surface area contributed by atoms with Gasteiger partial charge in [-0.05, 0) is 161 Å². The highest BCUT2D eigenvalue weighted by Crippen LogP contribution is 2.53. The van der Waals surface area contributed by atoms with Gasteiger partial charge in [0, 0.05) is 124 Å². The quantitative estimate of drug-likeness (QED) is 0.125. The van der Waals surface area contributed by atoms with Gasteiger partial charge in [0.15, 0.2) is 0 Å². The van der Waals surface area contributed by atoms with E-state index in [0.717, 1.165) is 119 Å². The van der Waals surface area contributed by atoms with Crippen LogP contribution in [0.15, 0.2) is 333 Å². The number of para-hydroxylation sites is 7. The van der Waals surface area contributed by atoms with Crippen LogP contribution in [0.5, 0.6) is 0 Å². The zero-order valence-electron chi connectivity index (χ0n) is 51.7. The first-order valence-corrected chi connectivity index (χ1v) is 33.4. The number of rotatable bonds is 10. The van der Waals surface area contributed by atoms with Crippen molar-refractivity contribution in [3.05, 3.63) is 328 Å². The molecule has 20 rings (SSSR count). The van der Waals surface area contributed by atoms with Crippen molar-refractivity contribution >= 4 is 191 Å². The smallest absolute Gasteiger partial charge is 0.264 e. The van der Waals surface area contributed by atoms with Crippen molar-refractivity contribution in [1.82, 2.24) is 9.97 Å². The van der Waals surface area contributed by atoms with Crippen LogP contribution in [-0.2, 0) is 0 Å². The second-order valence-electron chi connectivity index (χ2n) is 24.9. The van der Waals surface area contributed by atoms with E-state index in [0.29, 0.717) is 0 Å². The molecule has 0 spiro atoms. The molecule has 0 N–H and O–H groups in total. The molecule has 0 atom stereocenters. The Hall–Kier alpha value is -12.4. The summed E-state index contributed by atoms with van der Waals surface area (Å²) in [5, 5.41) is 3.32. The summed E-state index contributed by atoms with van der Waals surface area (Å²) in [5.74, 6) is 0. The van der Waals surface area contributed by atoms with E-state index >= 15 is 0 Å². The molecule has 4 aromatic heterocycles. The minimum Gasteiger partial charge on any atom is -0.456 e. The average Bonchev–Trinajstić information content (AvgIpc) is 1.18. The molecule has 12 aromatic carbocycles. The maximum atomic E-state index is 7.52. The predicted octanol–water partition coefficient (Wildman–Crippen LogP) is 18.7. The molecule has 0 amide bonds. The maximum absolute atomic E-state index is 7.52. The highest BCUT2D eigenvalue weighted by molar-refractivity contribution is 7.33. The molecule has 0 saturated heterocycles. The van der Waals surface area contributed by atoms with E-state index in [9.17, 15) is 0 Å². The van der Waals surface area contributed by atoms with E-state index in [-0.39, 0.29) is 13.4 Å². The van der Waals surface area contributed by atoms with Gasteiger partial charge in [-0.15, -0.1) is 11.3 Å². The lowest BCUT2D eigenvalue weighted by Crippen LogP contribution is -2.61. The fourth-order valence-corrected chi connectivity index (χ4v) is 17.1. The molecule has 0 unspecified atom stereocenters. The fraction of sp³-hybridized carbons (Fsp3) is 0. The van der Waals surface area contributed by atoms with Crippen LogP contribution < -0.4 is 61.5 Å². The molecule has 96 heavy (non-hydrogen) atoms. The standard InChI is InChI=1S/C84H54B2N8OS/c1-7-25-55(26-8-1)89(56-27-9-2-10-28-56)63-45-74-81-75(46-63)92(61-37-23-43-87-53-61)72-51-78-66(49-69(72)85(81)68-40-20-21-41-71(68)91(74)59-33-15-5-16-34-59)67-50-70-73(52-79(67)95-78)93(62-38-24-44-88-54-62)76-47-64(90(57-29-11-3-12-30-57)58-31-13-4-14-32-58)48-77-82(76)86(70)84-83(65-39-19-22-42-80(65)96-84)94(77)60-35-17-6-18-36-60/h1-54H. The van der Waals surface area contributed by atoms with Crippen LogP contribution >= 0.6 is 11.3 Å². The normalized spacial score (nSPS) is 13.1. The third-order valence-corrected chi connectivity index (χ3v) is 20.9. The largest absolute Gasteiger partial charge is 0.456 e. The Bertz CT molecular complexity index is 5640. The summed E-state index contributed by atoms with van der Waals surface area (Å²) in [5.41, 5.74) is 26.7. The lowest BCUT2D eigenvalue weighted by atomic mass is 9.33. The van der Waals surface area contributed by atoms with Gasteiger partial charge in [0.1, 0.15) is 11.2 Å². The summed E-state index contributed by atoms with van der Waals surface area (Å²) in [6, 6.07) is 110. The molecule has 12 heteroatoms. The number of nitrogens with zero attached hydrogens (tertiary/aromatic N) is 8. The van der Waals surface area contributed by atoms with Gasteiger partial charge in [-0.25, -0.2) is 0 Å². The van der Waals surface area contributed by atoms with E-state index in [1.165, 1.54) is 47.9 Å². The molecule has 0 radical (unpaired) electrons. The third-order valence-electron chi connectivity index (χ3n) is 19.6. The average molecular weight is 1250 g/mol. The molecule has 0 fully saturated rings. The third kappa shape index (κ3) is 8.25. The van der Waals surface area contributed by atoms with Crippen LogP contribution in [0.1, 0.15) is 0 Å². The Morgan fingerprint density at radius 2 is 0.698 bits per heavy atom. The van der Waals surface area contributed by atoms with Crippen molar-refractivity contribution in [2.24, 2.45) is 0 Å². The van der Waals surface area contributed by atoms with Gasteiger partial charge in [0.05, 0.1) is 40.8 Å². The van der Waals surface area contributed by atoms with Crippen molar-refractivity contribution in [3.8, 4) is 0 Å². The molecule has 4 aliphatic rings. The molecular weight excluding hydrogens is 1190 g/mol. The van der Waals surface area contributed by atoms with Crippen molar-refractivity contribution < 1.29 is 4.42 Å². The van der Waals surface area contributed by atoms with E-state index in [4.69, 9.17) is 14.4 Å². The number of hydrogen-bond donors (Lipinski definition) is 0. The summed E-state index contributed by atoms with van der Waals surface area (Å²) < 4.78 is 10.0. The van der Waals surface area contributed by atoms with Crippen LogP contribution in [0.4, 0.5) is 102 Å². The molecule has 448 valence electrons. The number of furan rings is 1. The lowest BCUT2D eigenvalue weighted by Gasteiger charge is -2.44. The number of hydrogen-bond acceptors (Lipinski definition) is 10. The Morgan fingerprint density at radius 1 is 0.302 bits per heavy atom. The Balaban J connectivity index is 0.870. The minimum absolute atomic E-state index is 0.182. The van der Waals surface area contributed by atoms with Crippen LogP contribution in [-0.4, -0.2) is 23.4 Å². The van der Waals surface area contributed by atoms with Crippen LogP contribution in [0, 0.1) is 0 Å². The Kier molecular flexibility index (Phi) is 12.2. The van der Waals surface area contributed by atoms with Crippen LogP contribution in [0.25, 0.3) is 32.0 Å². The molecule has 0 saturated carbocycles. The van der Waals surface area contributed by atoms with Gasteiger partial charge in [-0.3, -0.25) is 9.97 Å². The van der Waals surface area contributed by atoms with Gasteiger partial charge < -0.3 is 33.8 Å². The van der Waals surface area contributed by atoms with E-state index in [2.05, 4.69) is 321 Å². The molecule has 4 aliphatic heterocycles. The Morgan fingerprint density at radius 3 is 1.19 bits per heavy atom. The summed E-state index contributed by atoms with van der Waals surface area (Å²) in [6.07, 6.45) is 7.72. The topological polar surface area (TPSA) is 58.4 Å². The molecule has 8 heterocycles. The van der Waals surface area contributed by atoms with Gasteiger partial charge in [-0.2, -0.15) is 0 Å². The first-order chi connectivity index (χ1) is 47.7. The number of fused-ring (bicyclic) bond motifs is 13. The van der Waals surface area contributed by atoms with Crippen LogP contribution in [0.3, 0.4) is 0 Å². The first kappa shape index (κ1) is 54.2. The SMILES string of the molecule is c1ccc(N(c2ccccc2)c2cc3c4c(c2)N(c2cccnc2)c2cc5oc6cc7c(cc6c5cc2B4c2ccccc2N3c2ccccc2)B2c3sc4ccccc4c3N(c3ccccc3)c3cc(N(c4ccccc4)c4ccccc4)cc(c32)N7c2cccnc2)cc1. The van der Waals surface area contributed by atoms with Crippen molar-refractivity contribution in [1.29, 1.82) is 0 Å². The number of benzene rings is 12. The van der Waals surface area contributed by atoms with E-state index in [1.807, 2.05) is 48.3 Å². The molecule has 0 aliphatic carbocycles. The maximum Gasteiger partial charge on any atom is 0.264 e. The zero-order chi connectivity index (χ0) is 63.0. The second kappa shape index (κ2) is 21.6. The summed E-state index contributed by atoms with van der Waals surface area (Å²) >= 11 is 1.90. The van der Waals surface area contributed by atoms with Gasteiger partial charge in [0.25, 0.3) is 13.4 Å². The fourth-order valence-electron chi connectivity index (χ4n) is 15.8. The number of pyridine rings is 2. The number of aromatic nitrogens is 2. The van der Waals surface area contributed by atoms with Crippen molar-refractivity contribution in [3.63, 3.8) is 0 Å². The van der Waals surface area contributed by atoms with Crippen molar-refractivity contribution in [2.75, 3.05) is 29.4 Å². The molecule has 16 aromatic rings. The molecule has 0 bridgehead atoms.